The Morgan fingerprint density at radius 3 is 3.20 bits per heavy atom. The molecule has 0 amide bonds. The van der Waals surface area contributed by atoms with Gasteiger partial charge in [0.1, 0.15) is 12.2 Å². The lowest BCUT2D eigenvalue weighted by atomic mass is 10.4. The second-order valence-electron chi connectivity index (χ2n) is 3.97. The molecule has 5 heteroatoms. The normalized spacial score (nSPS) is 15.8. The molecule has 1 aliphatic carbocycles. The standard InChI is InChI=1S/C10H18N4O/c1-15-5-4-11-6-10-12-8-13-14(10)7-9-2-3-9/h8-9,11H,2-7H2,1H3. The van der Waals surface area contributed by atoms with E-state index in [9.17, 15) is 0 Å². The molecule has 0 radical (unpaired) electrons. The largest absolute Gasteiger partial charge is 0.383 e. The number of rotatable bonds is 7. The predicted octanol–water partition coefficient (Wildman–Crippen LogP) is 0.424. The van der Waals surface area contributed by atoms with Crippen molar-refractivity contribution in [1.82, 2.24) is 20.1 Å². The summed E-state index contributed by atoms with van der Waals surface area (Å²) in [5.41, 5.74) is 0. The summed E-state index contributed by atoms with van der Waals surface area (Å²) in [4.78, 5) is 4.24. The fraction of sp³-hybridized carbons (Fsp3) is 0.800. The van der Waals surface area contributed by atoms with Gasteiger partial charge in [-0.05, 0) is 18.8 Å². The molecule has 0 atom stereocenters. The van der Waals surface area contributed by atoms with Crippen LogP contribution in [0.1, 0.15) is 18.7 Å². The summed E-state index contributed by atoms with van der Waals surface area (Å²) in [5, 5.41) is 7.50. The van der Waals surface area contributed by atoms with Crippen molar-refractivity contribution in [3.63, 3.8) is 0 Å². The Bertz CT molecular complexity index is 295. The van der Waals surface area contributed by atoms with Crippen molar-refractivity contribution in [2.24, 2.45) is 5.92 Å². The Morgan fingerprint density at radius 1 is 1.60 bits per heavy atom. The van der Waals surface area contributed by atoms with Gasteiger partial charge >= 0.3 is 0 Å². The van der Waals surface area contributed by atoms with E-state index in [2.05, 4.69) is 15.4 Å². The Morgan fingerprint density at radius 2 is 2.47 bits per heavy atom. The summed E-state index contributed by atoms with van der Waals surface area (Å²) in [7, 11) is 1.71. The second-order valence-corrected chi connectivity index (χ2v) is 3.97. The lowest BCUT2D eigenvalue weighted by Crippen LogP contribution is -2.21. The fourth-order valence-corrected chi connectivity index (χ4v) is 1.50. The Hall–Kier alpha value is -0.940. The van der Waals surface area contributed by atoms with E-state index in [0.717, 1.165) is 38.0 Å². The van der Waals surface area contributed by atoms with Gasteiger partial charge in [0.2, 0.25) is 0 Å². The number of hydrogen-bond donors (Lipinski definition) is 1. The van der Waals surface area contributed by atoms with Gasteiger partial charge in [0, 0.05) is 20.2 Å². The molecule has 1 fully saturated rings. The highest BCUT2D eigenvalue weighted by Gasteiger charge is 2.23. The molecule has 1 aromatic rings. The number of methoxy groups -OCH3 is 1. The van der Waals surface area contributed by atoms with Crippen LogP contribution in [0, 0.1) is 5.92 Å². The number of nitrogens with one attached hydrogen (secondary N) is 1. The first-order valence-corrected chi connectivity index (χ1v) is 5.46. The van der Waals surface area contributed by atoms with E-state index in [0.29, 0.717) is 0 Å². The quantitative estimate of drug-likeness (QED) is 0.663. The van der Waals surface area contributed by atoms with Crippen molar-refractivity contribution in [3.8, 4) is 0 Å². The van der Waals surface area contributed by atoms with Gasteiger partial charge in [-0.15, -0.1) is 0 Å². The molecule has 1 heterocycles. The first-order valence-electron chi connectivity index (χ1n) is 5.46. The first kappa shape index (κ1) is 10.6. The van der Waals surface area contributed by atoms with Crippen LogP contribution in [0.4, 0.5) is 0 Å². The van der Waals surface area contributed by atoms with Gasteiger partial charge in [0.05, 0.1) is 13.2 Å². The van der Waals surface area contributed by atoms with Crippen molar-refractivity contribution in [1.29, 1.82) is 0 Å². The molecule has 1 saturated carbocycles. The molecule has 1 aliphatic rings. The summed E-state index contributed by atoms with van der Waals surface area (Å²) < 4.78 is 6.97. The summed E-state index contributed by atoms with van der Waals surface area (Å²) in [6, 6.07) is 0. The van der Waals surface area contributed by atoms with Gasteiger partial charge in [-0.25, -0.2) is 9.67 Å². The van der Waals surface area contributed by atoms with Gasteiger partial charge in [0.15, 0.2) is 0 Å². The van der Waals surface area contributed by atoms with Crippen LogP contribution in [-0.2, 0) is 17.8 Å². The monoisotopic (exact) mass is 210 g/mol. The minimum absolute atomic E-state index is 0.733. The van der Waals surface area contributed by atoms with Gasteiger partial charge in [-0.3, -0.25) is 0 Å². The molecular formula is C10H18N4O. The molecule has 0 spiro atoms. The summed E-state index contributed by atoms with van der Waals surface area (Å²) in [6.07, 6.45) is 4.32. The predicted molar refractivity (Wildman–Crippen MR) is 56.3 cm³/mol. The van der Waals surface area contributed by atoms with Crippen LogP contribution in [0.5, 0.6) is 0 Å². The van der Waals surface area contributed by atoms with Crippen LogP contribution in [0.15, 0.2) is 6.33 Å². The minimum atomic E-state index is 0.733. The lowest BCUT2D eigenvalue weighted by Gasteiger charge is -2.06. The molecule has 1 N–H and O–H groups in total. The van der Waals surface area contributed by atoms with Gasteiger partial charge < -0.3 is 10.1 Å². The second kappa shape index (κ2) is 5.23. The maximum atomic E-state index is 4.96. The molecule has 0 saturated heterocycles. The number of aromatic nitrogens is 3. The number of hydrogen-bond acceptors (Lipinski definition) is 4. The molecule has 1 aromatic heterocycles. The Labute approximate surface area is 89.8 Å². The Kier molecular flexibility index (Phi) is 3.69. The third-order valence-corrected chi connectivity index (χ3v) is 2.59. The molecule has 0 aliphatic heterocycles. The van der Waals surface area contributed by atoms with Crippen molar-refractivity contribution < 1.29 is 4.74 Å². The van der Waals surface area contributed by atoms with Crippen LogP contribution in [0.25, 0.3) is 0 Å². The van der Waals surface area contributed by atoms with Crippen molar-refractivity contribution in [3.05, 3.63) is 12.2 Å². The van der Waals surface area contributed by atoms with Crippen molar-refractivity contribution in [2.75, 3.05) is 20.3 Å². The van der Waals surface area contributed by atoms with E-state index in [1.807, 2.05) is 4.68 Å². The topological polar surface area (TPSA) is 52.0 Å². The summed E-state index contributed by atoms with van der Waals surface area (Å²) in [5.74, 6) is 1.86. The highest BCUT2D eigenvalue weighted by molar-refractivity contribution is 4.86. The Balaban J connectivity index is 1.76. The average molecular weight is 210 g/mol. The molecule has 0 aromatic carbocycles. The summed E-state index contributed by atoms with van der Waals surface area (Å²) in [6.45, 7) is 3.39. The zero-order chi connectivity index (χ0) is 10.5. The third-order valence-electron chi connectivity index (χ3n) is 2.59. The third kappa shape index (κ3) is 3.28. The van der Waals surface area contributed by atoms with Crippen molar-refractivity contribution >= 4 is 0 Å². The van der Waals surface area contributed by atoms with Gasteiger partial charge in [-0.2, -0.15) is 5.10 Å². The molecule has 2 rings (SSSR count). The molecule has 5 nitrogen and oxygen atoms in total. The van der Waals surface area contributed by atoms with E-state index in [1.165, 1.54) is 12.8 Å². The van der Waals surface area contributed by atoms with Gasteiger partial charge in [-0.1, -0.05) is 0 Å². The van der Waals surface area contributed by atoms with Crippen LogP contribution in [0.2, 0.25) is 0 Å². The minimum Gasteiger partial charge on any atom is -0.383 e. The smallest absolute Gasteiger partial charge is 0.140 e. The van der Waals surface area contributed by atoms with Crippen molar-refractivity contribution in [2.45, 2.75) is 25.9 Å². The highest BCUT2D eigenvalue weighted by atomic mass is 16.5. The maximum Gasteiger partial charge on any atom is 0.140 e. The molecule has 0 bridgehead atoms. The first-order chi connectivity index (χ1) is 7.40. The van der Waals surface area contributed by atoms with Gasteiger partial charge in [0.25, 0.3) is 0 Å². The maximum absolute atomic E-state index is 4.96. The van der Waals surface area contributed by atoms with E-state index < -0.39 is 0 Å². The van der Waals surface area contributed by atoms with Crippen LogP contribution >= 0.6 is 0 Å². The molecular weight excluding hydrogens is 192 g/mol. The van der Waals surface area contributed by atoms with E-state index in [-0.39, 0.29) is 0 Å². The highest BCUT2D eigenvalue weighted by Crippen LogP contribution is 2.30. The fourth-order valence-electron chi connectivity index (χ4n) is 1.50. The summed E-state index contributed by atoms with van der Waals surface area (Å²) >= 11 is 0. The lowest BCUT2D eigenvalue weighted by molar-refractivity contribution is 0.198. The zero-order valence-corrected chi connectivity index (χ0v) is 9.15. The van der Waals surface area contributed by atoms with E-state index in [1.54, 1.807) is 13.4 Å². The number of ether oxygens (including phenoxy) is 1. The molecule has 84 valence electrons. The molecule has 0 unspecified atom stereocenters. The van der Waals surface area contributed by atoms with Crippen LogP contribution in [-0.4, -0.2) is 35.0 Å². The number of nitrogens with zero attached hydrogens (tertiary/aromatic N) is 3. The van der Waals surface area contributed by atoms with Crippen LogP contribution in [0.3, 0.4) is 0 Å². The van der Waals surface area contributed by atoms with Crippen LogP contribution < -0.4 is 5.32 Å². The molecule has 15 heavy (non-hydrogen) atoms. The van der Waals surface area contributed by atoms with E-state index >= 15 is 0 Å². The SMILES string of the molecule is COCCNCc1ncnn1CC1CC1. The average Bonchev–Trinajstić information content (AvgIpc) is 2.94. The van der Waals surface area contributed by atoms with E-state index in [4.69, 9.17) is 4.74 Å². The zero-order valence-electron chi connectivity index (χ0n) is 9.15.